The van der Waals surface area contributed by atoms with E-state index in [4.69, 9.17) is 0 Å². The highest BCUT2D eigenvalue weighted by Crippen LogP contribution is 2.42. The number of pyridine rings is 2. The van der Waals surface area contributed by atoms with Crippen LogP contribution in [0.3, 0.4) is 0 Å². The molecule has 1 aliphatic rings. The van der Waals surface area contributed by atoms with Crippen molar-refractivity contribution in [3.63, 3.8) is 0 Å². The molecule has 0 N–H and O–H groups in total. The molecule has 0 fully saturated rings. The summed E-state index contributed by atoms with van der Waals surface area (Å²) in [5.74, 6) is -0.708. The zero-order valence-corrected chi connectivity index (χ0v) is 30.8. The molecule has 6 nitrogen and oxygen atoms in total. The van der Waals surface area contributed by atoms with Gasteiger partial charge in [0.25, 0.3) is 11.8 Å². The Kier molecular flexibility index (Phi) is 7.78. The first-order chi connectivity index (χ1) is 27.4. The van der Waals surface area contributed by atoms with Crippen LogP contribution in [0.2, 0.25) is 0 Å². The van der Waals surface area contributed by atoms with E-state index in [0.717, 1.165) is 77.4 Å². The van der Waals surface area contributed by atoms with Crippen molar-refractivity contribution >= 4 is 39.3 Å². The fourth-order valence-electron chi connectivity index (χ4n) is 8.23. The molecular formula is C50H34N4O2. The summed E-state index contributed by atoms with van der Waals surface area (Å²) in [4.78, 5) is 39.6. The fraction of sp³-hybridized carbons (Fsp3) is 0.0400. The molecule has 0 aliphatic carbocycles. The Hall–Kier alpha value is -7.44. The molecule has 2 amide bonds. The number of carbonyl (C=O) groups is 2. The number of aromatic nitrogens is 3. The van der Waals surface area contributed by atoms with Gasteiger partial charge in [0.05, 0.1) is 33.5 Å². The number of carbonyl (C=O) groups excluding carboxylic acids is 2. The molecular weight excluding hydrogens is 689 g/mol. The molecule has 0 unspecified atom stereocenters. The number of nitrogens with zero attached hydrogens (tertiary/aromatic N) is 4. The summed E-state index contributed by atoms with van der Waals surface area (Å²) in [6.07, 6.45) is 7.36. The Morgan fingerprint density at radius 2 is 0.982 bits per heavy atom. The van der Waals surface area contributed by atoms with Crippen LogP contribution in [0.4, 0.5) is 5.69 Å². The van der Waals surface area contributed by atoms with Gasteiger partial charge < -0.3 is 4.57 Å². The van der Waals surface area contributed by atoms with E-state index in [1.807, 2.05) is 122 Å². The van der Waals surface area contributed by atoms with Crippen molar-refractivity contribution in [1.82, 2.24) is 14.5 Å². The SMILES string of the molecule is Cc1cnccc1-c1ccc2c3ccc(-c4ccncc4C)cc3n(-c3cccc4c3C(=O)N(c3cc(-c5ccccc5)cc(-c5ccccc5)c3)C4=O)c2c1. The number of hydrogen-bond donors (Lipinski definition) is 0. The van der Waals surface area contributed by atoms with Crippen molar-refractivity contribution in [3.8, 4) is 50.2 Å². The monoisotopic (exact) mass is 722 g/mol. The molecule has 0 bridgehead atoms. The van der Waals surface area contributed by atoms with Crippen LogP contribution in [0.1, 0.15) is 31.8 Å². The van der Waals surface area contributed by atoms with Crippen molar-refractivity contribution in [1.29, 1.82) is 0 Å². The maximum atomic E-state index is 15.0. The van der Waals surface area contributed by atoms with Crippen LogP contribution in [0.5, 0.6) is 0 Å². The number of benzene rings is 6. The molecule has 56 heavy (non-hydrogen) atoms. The van der Waals surface area contributed by atoms with Crippen LogP contribution in [0.25, 0.3) is 72.0 Å². The zero-order chi connectivity index (χ0) is 37.9. The van der Waals surface area contributed by atoms with Gasteiger partial charge in [0.15, 0.2) is 0 Å². The third kappa shape index (κ3) is 5.34. The van der Waals surface area contributed by atoms with Gasteiger partial charge in [-0.25, -0.2) is 4.90 Å². The molecule has 6 heteroatoms. The Morgan fingerprint density at radius 1 is 0.446 bits per heavy atom. The molecule has 0 spiro atoms. The smallest absolute Gasteiger partial charge is 0.268 e. The maximum absolute atomic E-state index is 15.0. The minimum Gasteiger partial charge on any atom is -0.308 e. The van der Waals surface area contributed by atoms with E-state index >= 15 is 4.79 Å². The number of aryl methyl sites for hydroxylation is 2. The second-order valence-corrected chi connectivity index (χ2v) is 14.3. The van der Waals surface area contributed by atoms with Gasteiger partial charge in [-0.05, 0) is 124 Å². The summed E-state index contributed by atoms with van der Waals surface area (Å²) in [7, 11) is 0. The van der Waals surface area contributed by atoms with E-state index in [9.17, 15) is 4.79 Å². The lowest BCUT2D eigenvalue weighted by Gasteiger charge is -2.18. The topological polar surface area (TPSA) is 68.1 Å². The molecule has 1 aliphatic heterocycles. The van der Waals surface area contributed by atoms with Gasteiger partial charge in [-0.2, -0.15) is 0 Å². The largest absolute Gasteiger partial charge is 0.308 e. The lowest BCUT2D eigenvalue weighted by atomic mass is 9.97. The van der Waals surface area contributed by atoms with E-state index in [-0.39, 0.29) is 11.8 Å². The first-order valence-corrected chi connectivity index (χ1v) is 18.6. The molecule has 10 rings (SSSR count). The highest BCUT2D eigenvalue weighted by molar-refractivity contribution is 6.36. The number of imide groups is 1. The van der Waals surface area contributed by atoms with Gasteiger partial charge >= 0.3 is 0 Å². The summed E-state index contributed by atoms with van der Waals surface area (Å²) in [5.41, 5.74) is 14.0. The first kappa shape index (κ1) is 33.2. The Balaban J connectivity index is 1.20. The fourth-order valence-corrected chi connectivity index (χ4v) is 8.23. The summed E-state index contributed by atoms with van der Waals surface area (Å²) >= 11 is 0. The molecule has 4 heterocycles. The van der Waals surface area contributed by atoms with Gasteiger partial charge in [-0.15, -0.1) is 0 Å². The van der Waals surface area contributed by atoms with Crippen molar-refractivity contribution in [3.05, 3.63) is 193 Å². The molecule has 266 valence electrons. The minimum atomic E-state index is -0.359. The lowest BCUT2D eigenvalue weighted by molar-refractivity contribution is 0.0926. The van der Waals surface area contributed by atoms with Crippen molar-refractivity contribution in [2.45, 2.75) is 13.8 Å². The highest BCUT2D eigenvalue weighted by Gasteiger charge is 2.40. The Labute approximate surface area is 324 Å². The maximum Gasteiger partial charge on any atom is 0.268 e. The third-order valence-electron chi connectivity index (χ3n) is 11.0. The van der Waals surface area contributed by atoms with Crippen LogP contribution in [-0.2, 0) is 0 Å². The molecule has 3 aromatic heterocycles. The van der Waals surface area contributed by atoms with Crippen LogP contribution in [0.15, 0.2) is 170 Å². The lowest BCUT2D eigenvalue weighted by Crippen LogP contribution is -2.29. The Morgan fingerprint density at radius 3 is 1.50 bits per heavy atom. The molecule has 0 atom stereocenters. The average molecular weight is 723 g/mol. The second kappa shape index (κ2) is 13.1. The summed E-state index contributed by atoms with van der Waals surface area (Å²) in [5, 5.41) is 2.09. The van der Waals surface area contributed by atoms with Crippen LogP contribution in [0, 0.1) is 13.8 Å². The highest BCUT2D eigenvalue weighted by atomic mass is 16.2. The number of fused-ring (bicyclic) bond motifs is 4. The van der Waals surface area contributed by atoms with Gasteiger partial charge in [0.1, 0.15) is 0 Å². The first-order valence-electron chi connectivity index (χ1n) is 18.6. The molecule has 9 aromatic rings. The number of hydrogen-bond acceptors (Lipinski definition) is 4. The van der Waals surface area contributed by atoms with E-state index < -0.39 is 0 Å². The Bertz CT molecular complexity index is 2880. The zero-order valence-electron chi connectivity index (χ0n) is 30.8. The van der Waals surface area contributed by atoms with E-state index in [2.05, 4.69) is 70.8 Å². The van der Waals surface area contributed by atoms with E-state index in [1.165, 1.54) is 4.90 Å². The quantitative estimate of drug-likeness (QED) is 0.160. The molecule has 0 saturated heterocycles. The van der Waals surface area contributed by atoms with Gasteiger partial charge in [0.2, 0.25) is 0 Å². The van der Waals surface area contributed by atoms with Gasteiger partial charge in [-0.3, -0.25) is 19.6 Å². The molecule has 0 radical (unpaired) electrons. The minimum absolute atomic E-state index is 0.349. The predicted octanol–water partition coefficient (Wildman–Crippen LogP) is 11.7. The van der Waals surface area contributed by atoms with Crippen LogP contribution in [-0.4, -0.2) is 26.3 Å². The average Bonchev–Trinajstić information content (AvgIpc) is 3.70. The molecule has 6 aromatic carbocycles. The standard InChI is InChI=1S/C50H34N4O2/c1-31-29-51-22-20-40(31)35-16-18-42-43-19-17-36(41-21-23-52-30-32(41)2)28-47(43)54(46(42)27-35)45-15-9-14-44-48(45)50(56)53(49(44)55)39-25-37(33-10-5-3-6-11-33)24-38(26-39)34-12-7-4-8-13-34/h3-30H,1-2H3. The van der Waals surface area contributed by atoms with Crippen LogP contribution >= 0.6 is 0 Å². The second-order valence-electron chi connectivity index (χ2n) is 14.3. The summed E-state index contributed by atoms with van der Waals surface area (Å²) in [6, 6.07) is 48.7. The summed E-state index contributed by atoms with van der Waals surface area (Å²) < 4.78 is 2.16. The third-order valence-corrected chi connectivity index (χ3v) is 11.0. The van der Waals surface area contributed by atoms with Crippen molar-refractivity contribution < 1.29 is 9.59 Å². The van der Waals surface area contributed by atoms with E-state index in [1.54, 1.807) is 6.07 Å². The number of anilines is 1. The van der Waals surface area contributed by atoms with Crippen molar-refractivity contribution in [2.24, 2.45) is 0 Å². The van der Waals surface area contributed by atoms with E-state index in [0.29, 0.717) is 22.5 Å². The number of rotatable bonds is 6. The summed E-state index contributed by atoms with van der Waals surface area (Å²) in [6.45, 7) is 4.12. The van der Waals surface area contributed by atoms with Crippen LogP contribution < -0.4 is 4.90 Å². The molecule has 0 saturated carbocycles. The van der Waals surface area contributed by atoms with Gasteiger partial charge in [-0.1, -0.05) is 91.0 Å². The predicted molar refractivity (Wildman–Crippen MR) is 225 cm³/mol. The normalized spacial score (nSPS) is 12.5. The van der Waals surface area contributed by atoms with Crippen molar-refractivity contribution in [2.75, 3.05) is 4.90 Å². The van der Waals surface area contributed by atoms with Gasteiger partial charge in [0, 0.05) is 35.6 Å². The number of amides is 2.